The third-order valence-electron chi connectivity index (χ3n) is 4.15. The van der Waals surface area contributed by atoms with Crippen molar-refractivity contribution in [1.29, 1.82) is 0 Å². The normalized spacial score (nSPS) is 11.8. The van der Waals surface area contributed by atoms with Gasteiger partial charge in [0.2, 0.25) is 0 Å². The van der Waals surface area contributed by atoms with Crippen molar-refractivity contribution in [1.82, 2.24) is 0 Å². The Morgan fingerprint density at radius 2 is 1.47 bits per heavy atom. The van der Waals surface area contributed by atoms with E-state index in [2.05, 4.69) is 10.1 Å². The summed E-state index contributed by atoms with van der Waals surface area (Å²) in [6, 6.07) is 22.2. The summed E-state index contributed by atoms with van der Waals surface area (Å²) in [5, 5.41) is 12.3. The van der Waals surface area contributed by atoms with Crippen LogP contribution in [0.4, 0.5) is 18.9 Å². The monoisotopic (exact) mass is 413 g/mol. The van der Waals surface area contributed by atoms with Crippen LogP contribution in [0.2, 0.25) is 0 Å². The van der Waals surface area contributed by atoms with E-state index in [1.54, 1.807) is 24.3 Å². The first-order valence-corrected chi connectivity index (χ1v) is 8.99. The maximum absolute atomic E-state index is 12.2. The molecule has 3 aromatic rings. The molecule has 0 aliphatic carbocycles. The van der Waals surface area contributed by atoms with E-state index in [1.807, 2.05) is 42.5 Å². The van der Waals surface area contributed by atoms with Gasteiger partial charge in [-0.3, -0.25) is 0 Å². The average molecular weight is 413 g/mol. The van der Waals surface area contributed by atoms with E-state index in [0.717, 1.165) is 22.9 Å². The van der Waals surface area contributed by atoms with Gasteiger partial charge in [-0.2, -0.15) is 0 Å². The number of hydrogen-bond acceptors (Lipinski definition) is 3. The number of benzene rings is 3. The molecule has 7 heteroatoms. The van der Waals surface area contributed by atoms with Crippen molar-refractivity contribution >= 4 is 17.4 Å². The molecule has 0 heterocycles. The minimum Gasteiger partial charge on any atom is -0.478 e. The molecule has 0 amide bonds. The molecule has 0 radical (unpaired) electrons. The Bertz CT molecular complexity index is 1010. The van der Waals surface area contributed by atoms with Crippen molar-refractivity contribution in [2.24, 2.45) is 0 Å². The van der Waals surface area contributed by atoms with Crippen LogP contribution in [0.15, 0.2) is 84.9 Å². The van der Waals surface area contributed by atoms with Crippen LogP contribution in [0.25, 0.3) is 5.70 Å². The number of ether oxygens (including phenoxy) is 1. The van der Waals surface area contributed by atoms with E-state index in [4.69, 9.17) is 5.11 Å². The molecule has 0 bridgehead atoms. The Kier molecular flexibility index (Phi) is 6.41. The summed E-state index contributed by atoms with van der Waals surface area (Å²) in [5.74, 6) is -1.34. The lowest BCUT2D eigenvalue weighted by Gasteiger charge is -2.12. The maximum Gasteiger partial charge on any atom is 0.573 e. The molecule has 0 saturated carbocycles. The molecule has 154 valence electrons. The predicted octanol–water partition coefficient (Wildman–Crippen LogP) is 5.71. The molecule has 0 aliphatic rings. The summed E-state index contributed by atoms with van der Waals surface area (Å²) in [7, 11) is 0. The standard InChI is InChI=1S/C23H18F3NO3/c24-23(25,26)30-20-12-8-17(9-13-20)14-16-6-10-18(11-7-16)21(15-22(28)29)27-19-4-2-1-3-5-19/h1-13,15,27H,14H2,(H,28,29). The molecule has 2 N–H and O–H groups in total. The zero-order chi connectivity index (χ0) is 21.6. The van der Waals surface area contributed by atoms with Crippen molar-refractivity contribution in [2.75, 3.05) is 5.32 Å². The molecule has 4 nitrogen and oxygen atoms in total. The van der Waals surface area contributed by atoms with Crippen LogP contribution in [-0.4, -0.2) is 17.4 Å². The fraction of sp³-hybridized carbons (Fsp3) is 0.0870. The number of aliphatic carboxylic acids is 1. The summed E-state index contributed by atoms with van der Waals surface area (Å²) >= 11 is 0. The lowest BCUT2D eigenvalue weighted by Crippen LogP contribution is -2.17. The summed E-state index contributed by atoms with van der Waals surface area (Å²) in [5.41, 5.74) is 3.64. The van der Waals surface area contributed by atoms with E-state index in [9.17, 15) is 18.0 Å². The van der Waals surface area contributed by atoms with Crippen molar-refractivity contribution in [2.45, 2.75) is 12.8 Å². The summed E-state index contributed by atoms with van der Waals surface area (Å²) in [6.07, 6.45) is -3.11. The summed E-state index contributed by atoms with van der Waals surface area (Å²) in [4.78, 5) is 11.2. The van der Waals surface area contributed by atoms with Crippen LogP contribution in [0.3, 0.4) is 0 Å². The zero-order valence-corrected chi connectivity index (χ0v) is 15.7. The van der Waals surface area contributed by atoms with Crippen LogP contribution in [-0.2, 0) is 11.2 Å². The first-order valence-electron chi connectivity index (χ1n) is 8.99. The molecule has 0 aromatic heterocycles. The third kappa shape index (κ3) is 6.41. The Morgan fingerprint density at radius 1 is 0.900 bits per heavy atom. The number of halogens is 3. The van der Waals surface area contributed by atoms with Crippen molar-refractivity contribution < 1.29 is 27.8 Å². The highest BCUT2D eigenvalue weighted by molar-refractivity contribution is 5.93. The maximum atomic E-state index is 12.2. The molecule has 3 aromatic carbocycles. The Labute approximate surface area is 171 Å². The zero-order valence-electron chi connectivity index (χ0n) is 15.7. The smallest absolute Gasteiger partial charge is 0.478 e. The van der Waals surface area contributed by atoms with Crippen LogP contribution in [0, 0.1) is 0 Å². The highest BCUT2D eigenvalue weighted by Gasteiger charge is 2.30. The van der Waals surface area contributed by atoms with Crippen molar-refractivity contribution in [3.63, 3.8) is 0 Å². The SMILES string of the molecule is O=C(O)C=C(Nc1ccccc1)c1ccc(Cc2ccc(OC(F)(F)F)cc2)cc1. The first-order chi connectivity index (χ1) is 14.3. The number of carbonyl (C=O) groups is 1. The molecule has 0 unspecified atom stereocenters. The van der Waals surface area contributed by atoms with Gasteiger partial charge >= 0.3 is 12.3 Å². The summed E-state index contributed by atoms with van der Waals surface area (Å²) in [6.45, 7) is 0. The number of rotatable bonds is 7. The molecular weight excluding hydrogens is 395 g/mol. The van der Waals surface area contributed by atoms with E-state index in [0.29, 0.717) is 17.7 Å². The second-order valence-corrected chi connectivity index (χ2v) is 6.45. The second-order valence-electron chi connectivity index (χ2n) is 6.45. The number of nitrogens with one attached hydrogen (secondary N) is 1. The number of hydrogen-bond donors (Lipinski definition) is 2. The first kappa shape index (κ1) is 21.0. The van der Waals surface area contributed by atoms with Gasteiger partial charge in [-0.25, -0.2) is 4.79 Å². The second kappa shape index (κ2) is 9.17. The minimum absolute atomic E-state index is 0.267. The average Bonchev–Trinajstić information content (AvgIpc) is 2.69. The quantitative estimate of drug-likeness (QED) is 0.487. The van der Waals surface area contributed by atoms with E-state index < -0.39 is 12.3 Å². The number of para-hydroxylation sites is 1. The van der Waals surface area contributed by atoms with Gasteiger partial charge in [-0.1, -0.05) is 54.6 Å². The van der Waals surface area contributed by atoms with Crippen LogP contribution in [0.1, 0.15) is 16.7 Å². The van der Waals surface area contributed by atoms with Gasteiger partial charge in [0, 0.05) is 11.8 Å². The van der Waals surface area contributed by atoms with Crippen LogP contribution >= 0.6 is 0 Å². The third-order valence-corrected chi connectivity index (χ3v) is 4.15. The van der Waals surface area contributed by atoms with E-state index in [1.165, 1.54) is 12.1 Å². The van der Waals surface area contributed by atoms with Gasteiger partial charge in [-0.05, 0) is 47.4 Å². The lowest BCUT2D eigenvalue weighted by atomic mass is 10.0. The topological polar surface area (TPSA) is 58.6 Å². The Hall–Kier alpha value is -3.74. The number of carboxylic acids is 1. The van der Waals surface area contributed by atoms with Gasteiger partial charge in [0.25, 0.3) is 0 Å². The fourth-order valence-electron chi connectivity index (χ4n) is 2.84. The molecule has 0 atom stereocenters. The highest BCUT2D eigenvalue weighted by Crippen LogP contribution is 2.24. The van der Waals surface area contributed by atoms with Crippen LogP contribution < -0.4 is 10.1 Å². The van der Waals surface area contributed by atoms with Crippen LogP contribution in [0.5, 0.6) is 5.75 Å². The number of carboxylic acid groups (broad SMARTS) is 1. The van der Waals surface area contributed by atoms with Gasteiger partial charge in [0.15, 0.2) is 0 Å². The molecule has 0 fully saturated rings. The van der Waals surface area contributed by atoms with Crippen molar-refractivity contribution in [3.8, 4) is 5.75 Å². The van der Waals surface area contributed by atoms with E-state index >= 15 is 0 Å². The Morgan fingerprint density at radius 3 is 2.00 bits per heavy atom. The number of alkyl halides is 3. The van der Waals surface area contributed by atoms with Gasteiger partial charge < -0.3 is 15.2 Å². The molecular formula is C23H18F3NO3. The van der Waals surface area contributed by atoms with Gasteiger partial charge in [-0.15, -0.1) is 13.2 Å². The lowest BCUT2D eigenvalue weighted by molar-refractivity contribution is -0.274. The minimum atomic E-state index is -4.72. The van der Waals surface area contributed by atoms with Crippen molar-refractivity contribution in [3.05, 3.63) is 102 Å². The van der Waals surface area contributed by atoms with Gasteiger partial charge in [0.1, 0.15) is 5.75 Å². The molecule has 30 heavy (non-hydrogen) atoms. The molecule has 0 aliphatic heterocycles. The fourth-order valence-corrected chi connectivity index (χ4v) is 2.84. The van der Waals surface area contributed by atoms with Gasteiger partial charge in [0.05, 0.1) is 5.70 Å². The molecule has 3 rings (SSSR count). The largest absolute Gasteiger partial charge is 0.573 e. The summed E-state index contributed by atoms with van der Waals surface area (Å²) < 4.78 is 40.6. The van der Waals surface area contributed by atoms with E-state index in [-0.39, 0.29) is 5.75 Å². The number of anilines is 1. The Balaban J connectivity index is 1.72. The molecule has 0 saturated heterocycles. The molecule has 0 spiro atoms. The predicted molar refractivity (Wildman–Crippen MR) is 108 cm³/mol. The highest BCUT2D eigenvalue weighted by atomic mass is 19.4.